The average Bonchev–Trinajstić information content (AvgIpc) is 2.38. The second kappa shape index (κ2) is 9.09. The zero-order valence-electron chi connectivity index (χ0n) is 11.9. The van der Waals surface area contributed by atoms with Crippen LogP contribution in [0.1, 0.15) is 27.2 Å². The molecule has 5 nitrogen and oxygen atoms in total. The summed E-state index contributed by atoms with van der Waals surface area (Å²) in [6.07, 6.45) is 2.80. The van der Waals surface area contributed by atoms with Gasteiger partial charge < -0.3 is 15.4 Å². The minimum atomic E-state index is 0.565. The first-order valence-electron chi connectivity index (χ1n) is 6.71. The molecule has 0 amide bonds. The highest BCUT2D eigenvalue weighted by Crippen LogP contribution is 2.19. The highest BCUT2D eigenvalue weighted by atomic mass is 79.9. The highest BCUT2D eigenvalue weighted by Gasteiger charge is 2.04. The van der Waals surface area contributed by atoms with Crippen molar-refractivity contribution in [2.24, 2.45) is 5.92 Å². The van der Waals surface area contributed by atoms with E-state index in [-0.39, 0.29) is 0 Å². The Balaban J connectivity index is 2.39. The maximum absolute atomic E-state index is 5.51. The molecular weight excluding hydrogens is 308 g/mol. The summed E-state index contributed by atoms with van der Waals surface area (Å²) in [6, 6.07) is 0. The largest absolute Gasteiger partial charge is 0.379 e. The number of nitrogens with zero attached hydrogens (tertiary/aromatic N) is 2. The van der Waals surface area contributed by atoms with Crippen LogP contribution >= 0.6 is 15.9 Å². The maximum atomic E-state index is 5.51. The van der Waals surface area contributed by atoms with Crippen LogP contribution in [-0.2, 0) is 4.74 Å². The van der Waals surface area contributed by atoms with Gasteiger partial charge in [-0.1, -0.05) is 20.8 Å². The molecule has 0 aromatic carbocycles. The molecule has 1 heterocycles. The topological polar surface area (TPSA) is 59.1 Å². The lowest BCUT2D eigenvalue weighted by Gasteiger charge is -2.11. The zero-order chi connectivity index (χ0) is 14.1. The standard InChI is InChI=1S/C13H23BrN4O/c1-4-5-16-13-17-8-11(14)12(18-13)15-6-7-19-9-10(2)3/h8,10H,4-7,9H2,1-3H3,(H2,15,16,17,18). The SMILES string of the molecule is CCCNc1ncc(Br)c(NCCOCC(C)C)n1. The molecule has 108 valence electrons. The van der Waals surface area contributed by atoms with E-state index in [0.29, 0.717) is 18.5 Å². The predicted octanol–water partition coefficient (Wildman–Crippen LogP) is 3.15. The summed E-state index contributed by atoms with van der Waals surface area (Å²) in [4.78, 5) is 8.61. The van der Waals surface area contributed by atoms with E-state index in [2.05, 4.69) is 57.3 Å². The van der Waals surface area contributed by atoms with Gasteiger partial charge in [0.1, 0.15) is 5.82 Å². The summed E-state index contributed by atoms with van der Waals surface area (Å²) in [6.45, 7) is 9.45. The van der Waals surface area contributed by atoms with Crippen LogP contribution in [0.15, 0.2) is 10.7 Å². The van der Waals surface area contributed by atoms with E-state index in [0.717, 1.165) is 36.4 Å². The van der Waals surface area contributed by atoms with Crippen LogP contribution < -0.4 is 10.6 Å². The molecule has 0 aliphatic heterocycles. The van der Waals surface area contributed by atoms with Crippen LogP contribution in [0.2, 0.25) is 0 Å². The number of nitrogens with one attached hydrogen (secondary N) is 2. The molecule has 1 aromatic rings. The van der Waals surface area contributed by atoms with Gasteiger partial charge in [-0.05, 0) is 28.3 Å². The zero-order valence-corrected chi connectivity index (χ0v) is 13.5. The van der Waals surface area contributed by atoms with Crippen molar-refractivity contribution >= 4 is 27.7 Å². The summed E-state index contributed by atoms with van der Waals surface area (Å²) in [5.74, 6) is 2.01. The smallest absolute Gasteiger partial charge is 0.224 e. The summed E-state index contributed by atoms with van der Waals surface area (Å²) in [5, 5.41) is 6.40. The third-order valence-corrected chi connectivity index (χ3v) is 2.85. The molecule has 1 rings (SSSR count). The van der Waals surface area contributed by atoms with Crippen LogP contribution in [0.4, 0.5) is 11.8 Å². The van der Waals surface area contributed by atoms with E-state index in [1.54, 1.807) is 6.20 Å². The van der Waals surface area contributed by atoms with Crippen molar-refractivity contribution in [3.8, 4) is 0 Å². The fraction of sp³-hybridized carbons (Fsp3) is 0.692. The van der Waals surface area contributed by atoms with Crippen LogP contribution in [0, 0.1) is 5.92 Å². The highest BCUT2D eigenvalue weighted by molar-refractivity contribution is 9.10. The Morgan fingerprint density at radius 2 is 2.11 bits per heavy atom. The van der Waals surface area contributed by atoms with E-state index in [1.165, 1.54) is 0 Å². The van der Waals surface area contributed by atoms with Gasteiger partial charge in [-0.25, -0.2) is 4.98 Å². The van der Waals surface area contributed by atoms with Crippen LogP contribution in [0.25, 0.3) is 0 Å². The van der Waals surface area contributed by atoms with Crippen molar-refractivity contribution in [1.29, 1.82) is 0 Å². The molecular formula is C13H23BrN4O. The molecule has 19 heavy (non-hydrogen) atoms. The van der Waals surface area contributed by atoms with E-state index in [4.69, 9.17) is 4.74 Å². The third-order valence-electron chi connectivity index (χ3n) is 2.27. The number of anilines is 2. The number of rotatable bonds is 9. The molecule has 6 heteroatoms. The van der Waals surface area contributed by atoms with Crippen molar-refractivity contribution < 1.29 is 4.74 Å². The molecule has 0 bridgehead atoms. The summed E-state index contributed by atoms with van der Waals surface area (Å²) < 4.78 is 6.37. The van der Waals surface area contributed by atoms with Crippen molar-refractivity contribution in [1.82, 2.24) is 9.97 Å². The first-order chi connectivity index (χ1) is 9.13. The molecule has 0 aliphatic rings. The Labute approximate surface area is 123 Å². The Morgan fingerprint density at radius 3 is 2.79 bits per heavy atom. The van der Waals surface area contributed by atoms with Gasteiger partial charge in [-0.2, -0.15) is 4.98 Å². The van der Waals surface area contributed by atoms with Gasteiger partial charge in [0.2, 0.25) is 5.95 Å². The number of hydrogen-bond donors (Lipinski definition) is 2. The minimum absolute atomic E-state index is 0.565. The van der Waals surface area contributed by atoms with Gasteiger partial charge >= 0.3 is 0 Å². The fourth-order valence-corrected chi connectivity index (χ4v) is 1.70. The molecule has 0 saturated carbocycles. The second-order valence-electron chi connectivity index (χ2n) is 4.71. The lowest BCUT2D eigenvalue weighted by Crippen LogP contribution is -2.14. The van der Waals surface area contributed by atoms with Crippen LogP contribution in [-0.4, -0.2) is 36.3 Å². The lowest BCUT2D eigenvalue weighted by molar-refractivity contribution is 0.118. The van der Waals surface area contributed by atoms with E-state index >= 15 is 0 Å². The number of ether oxygens (including phenoxy) is 1. The summed E-state index contributed by atoms with van der Waals surface area (Å²) in [7, 11) is 0. The van der Waals surface area contributed by atoms with Gasteiger partial charge in [-0.15, -0.1) is 0 Å². The molecule has 1 aromatic heterocycles. The lowest BCUT2D eigenvalue weighted by atomic mass is 10.2. The average molecular weight is 331 g/mol. The Hall–Kier alpha value is -0.880. The van der Waals surface area contributed by atoms with Crippen LogP contribution in [0.3, 0.4) is 0 Å². The monoisotopic (exact) mass is 330 g/mol. The van der Waals surface area contributed by atoms with Crippen molar-refractivity contribution in [3.05, 3.63) is 10.7 Å². The quantitative estimate of drug-likeness (QED) is 0.681. The molecule has 0 fully saturated rings. The molecule has 0 aliphatic carbocycles. The van der Waals surface area contributed by atoms with Gasteiger partial charge in [0.25, 0.3) is 0 Å². The summed E-state index contributed by atoms with van der Waals surface area (Å²) >= 11 is 3.43. The maximum Gasteiger partial charge on any atom is 0.224 e. The van der Waals surface area contributed by atoms with Gasteiger partial charge in [-0.3, -0.25) is 0 Å². The summed E-state index contributed by atoms with van der Waals surface area (Å²) in [5.41, 5.74) is 0. The Kier molecular flexibility index (Phi) is 7.74. The Morgan fingerprint density at radius 1 is 1.32 bits per heavy atom. The first kappa shape index (κ1) is 16.2. The van der Waals surface area contributed by atoms with Crippen LogP contribution in [0.5, 0.6) is 0 Å². The van der Waals surface area contributed by atoms with Crippen molar-refractivity contribution in [2.75, 3.05) is 36.9 Å². The first-order valence-corrected chi connectivity index (χ1v) is 7.50. The van der Waals surface area contributed by atoms with Gasteiger partial charge in [0.05, 0.1) is 11.1 Å². The number of hydrogen-bond acceptors (Lipinski definition) is 5. The van der Waals surface area contributed by atoms with Gasteiger partial charge in [0, 0.05) is 25.9 Å². The minimum Gasteiger partial charge on any atom is -0.379 e. The van der Waals surface area contributed by atoms with E-state index in [9.17, 15) is 0 Å². The van der Waals surface area contributed by atoms with E-state index in [1.807, 2.05) is 0 Å². The molecule has 0 spiro atoms. The molecule has 2 N–H and O–H groups in total. The molecule has 0 saturated heterocycles. The van der Waals surface area contributed by atoms with Crippen molar-refractivity contribution in [2.45, 2.75) is 27.2 Å². The third kappa shape index (κ3) is 6.73. The normalized spacial score (nSPS) is 10.8. The fourth-order valence-electron chi connectivity index (χ4n) is 1.37. The molecule has 0 unspecified atom stereocenters. The number of halogens is 1. The predicted molar refractivity (Wildman–Crippen MR) is 82.7 cm³/mol. The number of aromatic nitrogens is 2. The molecule has 0 radical (unpaired) electrons. The van der Waals surface area contributed by atoms with Gasteiger partial charge in [0.15, 0.2) is 0 Å². The molecule has 0 atom stereocenters. The second-order valence-corrected chi connectivity index (χ2v) is 5.57. The Bertz CT molecular complexity index is 374. The van der Waals surface area contributed by atoms with Crippen molar-refractivity contribution in [3.63, 3.8) is 0 Å². The van der Waals surface area contributed by atoms with E-state index < -0.39 is 0 Å².